The quantitative estimate of drug-likeness (QED) is 0.405. The largest absolute Gasteiger partial charge is 0.481 e. The highest BCUT2D eigenvalue weighted by Gasteiger charge is 2.37. The summed E-state index contributed by atoms with van der Waals surface area (Å²) < 4.78 is 5.73. The number of hydrogen-bond acceptors (Lipinski definition) is 7. The van der Waals surface area contributed by atoms with Crippen molar-refractivity contribution in [3.8, 4) is 11.6 Å². The number of urea groups is 1. The zero-order chi connectivity index (χ0) is 26.5. The van der Waals surface area contributed by atoms with Crippen molar-refractivity contribution in [2.75, 3.05) is 6.54 Å². The lowest BCUT2D eigenvalue weighted by molar-refractivity contribution is -0.143. The van der Waals surface area contributed by atoms with Gasteiger partial charge >= 0.3 is 12.0 Å². The van der Waals surface area contributed by atoms with Gasteiger partial charge in [0.2, 0.25) is 18.2 Å². The smallest absolute Gasteiger partial charge is 0.327 e. The lowest BCUT2D eigenvalue weighted by atomic mass is 10.1. The number of halogens is 1. The van der Waals surface area contributed by atoms with Crippen molar-refractivity contribution < 1.29 is 24.5 Å². The summed E-state index contributed by atoms with van der Waals surface area (Å²) in [4.78, 5) is 39.4. The number of amides is 2. The molecule has 11 nitrogen and oxygen atoms in total. The highest BCUT2D eigenvalue weighted by atomic mass is 35.5. The van der Waals surface area contributed by atoms with Crippen molar-refractivity contribution in [3.63, 3.8) is 0 Å². The molecule has 0 spiro atoms. The number of nitrogens with zero attached hydrogens (tertiary/aromatic N) is 5. The van der Waals surface area contributed by atoms with E-state index in [0.29, 0.717) is 28.2 Å². The molecule has 3 aromatic rings. The van der Waals surface area contributed by atoms with Crippen LogP contribution in [0.25, 0.3) is 0 Å². The molecular formula is C25H25ClN6O5. The number of aliphatic imine (C=N–C) groups is 1. The van der Waals surface area contributed by atoms with Gasteiger partial charge in [-0.3, -0.25) is 19.9 Å². The number of carboxylic acids is 1. The van der Waals surface area contributed by atoms with Crippen LogP contribution in [0.2, 0.25) is 5.02 Å². The Balaban J connectivity index is 1.59. The summed E-state index contributed by atoms with van der Waals surface area (Å²) in [5.41, 5.74) is 1.28. The molecule has 1 aromatic heterocycles. The fourth-order valence-corrected chi connectivity index (χ4v) is 3.66. The number of benzene rings is 2. The van der Waals surface area contributed by atoms with Crippen LogP contribution in [0.5, 0.6) is 11.6 Å². The molecule has 2 heterocycles. The van der Waals surface area contributed by atoms with E-state index in [-0.39, 0.29) is 19.0 Å². The molecule has 0 saturated carbocycles. The number of hydrogen-bond donors (Lipinski definition) is 3. The van der Waals surface area contributed by atoms with Gasteiger partial charge in [-0.2, -0.15) is 4.98 Å². The molecule has 1 fully saturated rings. The Morgan fingerprint density at radius 3 is 2.51 bits per heavy atom. The standard InChI is InChI=1S/C25H25ClN6O5/c1-15(22(33)34)13-32-24(35)30-23(31(25(32)36)14-17-3-5-18(26)6-4-17)29-19-7-9-20(10-8-19)37-21-11-12-27-16(2)28-21/h3-12,15,25,36H,13-14H2,1-2H3,(H,33,34)(H,29,30,35)/t15-,25?/m0/s1. The molecule has 4 rings (SSSR count). The normalized spacial score (nSPS) is 17.5. The van der Waals surface area contributed by atoms with Crippen LogP contribution in [0.4, 0.5) is 10.5 Å². The lowest BCUT2D eigenvalue weighted by Gasteiger charge is -2.42. The maximum Gasteiger partial charge on any atom is 0.327 e. The van der Waals surface area contributed by atoms with Crippen LogP contribution in [-0.2, 0) is 11.3 Å². The second-order valence-corrected chi connectivity index (χ2v) is 8.83. The molecule has 0 bridgehead atoms. The summed E-state index contributed by atoms with van der Waals surface area (Å²) in [5, 5.41) is 23.6. The number of ether oxygens (including phenoxy) is 1. The average molecular weight is 525 g/mol. The minimum Gasteiger partial charge on any atom is -0.481 e. The third kappa shape index (κ3) is 6.51. The highest BCUT2D eigenvalue weighted by molar-refractivity contribution is 6.30. The predicted octanol–water partition coefficient (Wildman–Crippen LogP) is 3.74. The number of aryl methyl sites for hydroxylation is 1. The number of carbonyl (C=O) groups is 2. The summed E-state index contributed by atoms with van der Waals surface area (Å²) in [7, 11) is 0. The Labute approximate surface area is 218 Å². The second-order valence-electron chi connectivity index (χ2n) is 8.40. The second kappa shape index (κ2) is 11.2. The molecule has 1 saturated heterocycles. The minimum absolute atomic E-state index is 0.103. The van der Waals surface area contributed by atoms with Crippen molar-refractivity contribution in [1.29, 1.82) is 0 Å². The molecular weight excluding hydrogens is 500 g/mol. The van der Waals surface area contributed by atoms with E-state index in [1.54, 1.807) is 67.7 Å². The molecule has 1 unspecified atom stereocenters. The maximum atomic E-state index is 12.8. The topological polar surface area (TPSA) is 140 Å². The molecule has 192 valence electrons. The number of aromatic nitrogens is 2. The molecule has 3 N–H and O–H groups in total. The van der Waals surface area contributed by atoms with E-state index in [9.17, 15) is 19.8 Å². The van der Waals surface area contributed by atoms with E-state index in [0.717, 1.165) is 10.5 Å². The highest BCUT2D eigenvalue weighted by Crippen LogP contribution is 2.25. The van der Waals surface area contributed by atoms with E-state index in [1.807, 2.05) is 0 Å². The first-order valence-corrected chi connectivity index (χ1v) is 11.7. The van der Waals surface area contributed by atoms with Crippen molar-refractivity contribution in [1.82, 2.24) is 25.1 Å². The third-order valence-corrected chi connectivity index (χ3v) is 5.76. The Kier molecular flexibility index (Phi) is 7.85. The van der Waals surface area contributed by atoms with Gasteiger partial charge in [0.25, 0.3) is 0 Å². The summed E-state index contributed by atoms with van der Waals surface area (Å²) in [6.45, 7) is 3.20. The molecule has 37 heavy (non-hydrogen) atoms. The number of rotatable bonds is 8. The van der Waals surface area contributed by atoms with Gasteiger partial charge in [-0.25, -0.2) is 14.8 Å². The van der Waals surface area contributed by atoms with Crippen molar-refractivity contribution in [2.24, 2.45) is 10.9 Å². The zero-order valence-corrected chi connectivity index (χ0v) is 20.8. The van der Waals surface area contributed by atoms with E-state index in [4.69, 9.17) is 16.3 Å². The molecule has 1 aliphatic rings. The van der Waals surface area contributed by atoms with Gasteiger partial charge in [0.05, 0.1) is 18.2 Å². The molecule has 1 aliphatic heterocycles. The fraction of sp³-hybridized carbons (Fsp3) is 0.240. The fourth-order valence-electron chi connectivity index (χ4n) is 3.53. The van der Waals surface area contributed by atoms with Crippen molar-refractivity contribution in [3.05, 3.63) is 77.2 Å². The Morgan fingerprint density at radius 2 is 1.86 bits per heavy atom. The van der Waals surface area contributed by atoms with Crippen LogP contribution in [0.15, 0.2) is 65.8 Å². The van der Waals surface area contributed by atoms with Crippen LogP contribution >= 0.6 is 11.6 Å². The Morgan fingerprint density at radius 1 is 1.16 bits per heavy atom. The van der Waals surface area contributed by atoms with Gasteiger partial charge in [0, 0.05) is 23.8 Å². The Hall–Kier alpha value is -4.22. The molecule has 2 atom stereocenters. The van der Waals surface area contributed by atoms with Crippen LogP contribution in [0, 0.1) is 12.8 Å². The average Bonchev–Trinajstić information content (AvgIpc) is 2.86. The summed E-state index contributed by atoms with van der Waals surface area (Å²) >= 11 is 5.99. The number of carbonyl (C=O) groups excluding carboxylic acids is 1. The predicted molar refractivity (Wildman–Crippen MR) is 135 cm³/mol. The zero-order valence-electron chi connectivity index (χ0n) is 20.1. The molecule has 12 heteroatoms. The van der Waals surface area contributed by atoms with Crippen LogP contribution in [-0.4, -0.2) is 60.8 Å². The molecule has 0 radical (unpaired) electrons. The number of carboxylic acid groups (broad SMARTS) is 1. The number of guanidine groups is 1. The maximum absolute atomic E-state index is 12.8. The van der Waals surface area contributed by atoms with Gasteiger partial charge in [0.1, 0.15) is 11.6 Å². The first-order chi connectivity index (χ1) is 17.7. The minimum atomic E-state index is -1.45. The van der Waals surface area contributed by atoms with E-state index >= 15 is 0 Å². The summed E-state index contributed by atoms with van der Waals surface area (Å²) in [6, 6.07) is 14.8. The van der Waals surface area contributed by atoms with Crippen molar-refractivity contribution in [2.45, 2.75) is 26.7 Å². The van der Waals surface area contributed by atoms with Crippen molar-refractivity contribution >= 4 is 35.2 Å². The first-order valence-electron chi connectivity index (χ1n) is 11.4. The SMILES string of the molecule is Cc1nccc(Oc2ccc(/N=C3\NC(=O)N(C[C@H](C)C(=O)O)C(O)N3Cc3ccc(Cl)cc3)cc2)n1. The van der Waals surface area contributed by atoms with Gasteiger partial charge in [-0.05, 0) is 48.9 Å². The third-order valence-electron chi connectivity index (χ3n) is 5.51. The summed E-state index contributed by atoms with van der Waals surface area (Å²) in [6.07, 6.45) is 0.152. The molecule has 2 amide bonds. The molecule has 2 aromatic carbocycles. The molecule has 0 aliphatic carbocycles. The number of nitrogens with one attached hydrogen (secondary N) is 1. The van der Waals surface area contributed by atoms with Gasteiger partial charge < -0.3 is 14.9 Å². The van der Waals surface area contributed by atoms with Gasteiger partial charge in [-0.1, -0.05) is 30.7 Å². The van der Waals surface area contributed by atoms with Crippen LogP contribution < -0.4 is 10.1 Å². The number of aliphatic hydroxyl groups is 1. The number of aliphatic carboxylic acids is 1. The van der Waals surface area contributed by atoms with Gasteiger partial charge in [-0.15, -0.1) is 0 Å². The van der Waals surface area contributed by atoms with E-state index in [1.165, 1.54) is 11.8 Å². The van der Waals surface area contributed by atoms with E-state index < -0.39 is 24.3 Å². The van der Waals surface area contributed by atoms with Crippen LogP contribution in [0.1, 0.15) is 18.3 Å². The Bertz CT molecular complexity index is 1300. The van der Waals surface area contributed by atoms with Crippen LogP contribution in [0.3, 0.4) is 0 Å². The van der Waals surface area contributed by atoms with Gasteiger partial charge in [0.15, 0.2) is 0 Å². The monoisotopic (exact) mass is 524 g/mol. The lowest BCUT2D eigenvalue weighted by Crippen LogP contribution is -2.66. The summed E-state index contributed by atoms with van der Waals surface area (Å²) in [5.74, 6) is -0.349. The van der Waals surface area contributed by atoms with E-state index in [2.05, 4.69) is 20.3 Å². The first kappa shape index (κ1) is 25.9. The number of aliphatic hydroxyl groups excluding tert-OH is 1.